The second kappa shape index (κ2) is 6.99. The summed E-state index contributed by atoms with van der Waals surface area (Å²) in [6.45, 7) is 6.45. The number of hydrogen-bond acceptors (Lipinski definition) is 4. The molecule has 7 heteroatoms. The van der Waals surface area contributed by atoms with Crippen molar-refractivity contribution in [3.8, 4) is 0 Å². The molecule has 6 nitrogen and oxygen atoms in total. The van der Waals surface area contributed by atoms with E-state index < -0.39 is 10.2 Å². The van der Waals surface area contributed by atoms with Crippen LogP contribution in [0.25, 0.3) is 0 Å². The van der Waals surface area contributed by atoms with Gasteiger partial charge in [-0.2, -0.15) is 17.4 Å². The van der Waals surface area contributed by atoms with E-state index >= 15 is 0 Å². The number of rotatable bonds is 6. The molecule has 2 rings (SSSR count). The Balaban J connectivity index is 1.79. The van der Waals surface area contributed by atoms with Gasteiger partial charge in [-0.1, -0.05) is 6.92 Å². The quantitative estimate of drug-likeness (QED) is 0.719. The van der Waals surface area contributed by atoms with Gasteiger partial charge in [0.1, 0.15) is 0 Å². The molecule has 0 saturated carbocycles. The summed E-state index contributed by atoms with van der Waals surface area (Å²) in [6, 6.07) is -0.0514. The van der Waals surface area contributed by atoms with Crippen molar-refractivity contribution in [1.82, 2.24) is 14.3 Å². The molecule has 1 unspecified atom stereocenters. The Bertz CT molecular complexity index is 360. The summed E-state index contributed by atoms with van der Waals surface area (Å²) in [5.74, 6) is 0.598. The molecule has 0 aromatic carbocycles. The van der Waals surface area contributed by atoms with E-state index in [1.165, 1.54) is 0 Å². The Kier molecular flexibility index (Phi) is 5.58. The predicted octanol–water partition coefficient (Wildman–Crippen LogP) is -0.0688. The van der Waals surface area contributed by atoms with Gasteiger partial charge in [-0.15, -0.1) is 0 Å². The average Bonchev–Trinajstić information content (AvgIpc) is 2.89. The Labute approximate surface area is 116 Å². The van der Waals surface area contributed by atoms with Gasteiger partial charge in [0.05, 0.1) is 6.61 Å². The van der Waals surface area contributed by atoms with Crippen molar-refractivity contribution in [3.05, 3.63) is 0 Å². The second-order valence-corrected chi connectivity index (χ2v) is 7.04. The Hall–Kier alpha value is -0.210. The summed E-state index contributed by atoms with van der Waals surface area (Å²) in [6.07, 6.45) is 2.65. The Morgan fingerprint density at radius 2 is 2.00 bits per heavy atom. The van der Waals surface area contributed by atoms with Gasteiger partial charge in [0.15, 0.2) is 0 Å². The van der Waals surface area contributed by atoms with E-state index in [9.17, 15) is 8.42 Å². The van der Waals surface area contributed by atoms with E-state index in [0.717, 1.165) is 32.4 Å². The minimum Gasteiger partial charge on any atom is -0.380 e. The molecule has 0 spiro atoms. The third-order valence-electron chi connectivity index (χ3n) is 3.84. The van der Waals surface area contributed by atoms with Gasteiger partial charge in [0.2, 0.25) is 0 Å². The fraction of sp³-hybridized carbons (Fsp3) is 1.00. The first-order chi connectivity index (χ1) is 9.12. The number of ether oxygens (including phenoxy) is 1. The summed E-state index contributed by atoms with van der Waals surface area (Å²) >= 11 is 0. The lowest BCUT2D eigenvalue weighted by atomic mass is 9.98. The van der Waals surface area contributed by atoms with E-state index in [4.69, 9.17) is 4.74 Å². The lowest BCUT2D eigenvalue weighted by Crippen LogP contribution is -2.49. The zero-order chi connectivity index (χ0) is 13.7. The molecule has 1 atom stereocenters. The smallest absolute Gasteiger partial charge is 0.279 e. The standard InChI is InChI=1S/C12H25N3O3S/c1-2-13-9-11-3-6-15(7-4-11)19(16,17)14-12-5-8-18-10-12/h11-14H,2-10H2,1H3. The van der Waals surface area contributed by atoms with Crippen LogP contribution in [0.4, 0.5) is 0 Å². The molecule has 112 valence electrons. The van der Waals surface area contributed by atoms with Crippen LogP contribution in [0.2, 0.25) is 0 Å². The average molecular weight is 291 g/mol. The summed E-state index contributed by atoms with van der Waals surface area (Å²) in [5, 5.41) is 3.33. The van der Waals surface area contributed by atoms with Gasteiger partial charge < -0.3 is 10.1 Å². The molecular weight excluding hydrogens is 266 g/mol. The molecule has 19 heavy (non-hydrogen) atoms. The van der Waals surface area contributed by atoms with E-state index in [-0.39, 0.29) is 6.04 Å². The van der Waals surface area contributed by atoms with Crippen LogP contribution in [0, 0.1) is 5.92 Å². The van der Waals surface area contributed by atoms with Crippen LogP contribution in [-0.2, 0) is 14.9 Å². The maximum Gasteiger partial charge on any atom is 0.279 e. The highest BCUT2D eigenvalue weighted by molar-refractivity contribution is 7.87. The number of piperidine rings is 1. The van der Waals surface area contributed by atoms with E-state index in [0.29, 0.717) is 32.2 Å². The largest absolute Gasteiger partial charge is 0.380 e. The SMILES string of the molecule is CCNCC1CCN(S(=O)(=O)NC2CCOC2)CC1. The summed E-state index contributed by atoms with van der Waals surface area (Å²) in [4.78, 5) is 0. The van der Waals surface area contributed by atoms with Gasteiger partial charge in [0, 0.05) is 25.7 Å². The topological polar surface area (TPSA) is 70.7 Å². The fourth-order valence-electron chi connectivity index (χ4n) is 2.61. The van der Waals surface area contributed by atoms with Gasteiger partial charge in [0.25, 0.3) is 10.2 Å². The Morgan fingerprint density at radius 1 is 1.26 bits per heavy atom. The van der Waals surface area contributed by atoms with Gasteiger partial charge in [-0.3, -0.25) is 0 Å². The number of nitrogens with zero attached hydrogens (tertiary/aromatic N) is 1. The van der Waals surface area contributed by atoms with E-state index in [1.807, 2.05) is 0 Å². The molecule has 0 bridgehead atoms. The predicted molar refractivity (Wildman–Crippen MR) is 74.1 cm³/mol. The van der Waals surface area contributed by atoms with Crippen molar-refractivity contribution in [3.63, 3.8) is 0 Å². The molecular formula is C12H25N3O3S. The van der Waals surface area contributed by atoms with Crippen LogP contribution in [-0.4, -0.2) is 58.2 Å². The molecule has 0 aromatic heterocycles. The number of nitrogens with one attached hydrogen (secondary N) is 2. The van der Waals surface area contributed by atoms with Crippen LogP contribution < -0.4 is 10.0 Å². The van der Waals surface area contributed by atoms with Crippen molar-refractivity contribution < 1.29 is 13.2 Å². The fourth-order valence-corrected chi connectivity index (χ4v) is 4.06. The zero-order valence-electron chi connectivity index (χ0n) is 11.6. The van der Waals surface area contributed by atoms with Gasteiger partial charge >= 0.3 is 0 Å². The van der Waals surface area contributed by atoms with Crippen LogP contribution in [0.5, 0.6) is 0 Å². The monoisotopic (exact) mass is 291 g/mol. The molecule has 2 heterocycles. The van der Waals surface area contributed by atoms with Crippen LogP contribution >= 0.6 is 0 Å². The van der Waals surface area contributed by atoms with Crippen molar-refractivity contribution >= 4 is 10.2 Å². The molecule has 0 aromatic rings. The van der Waals surface area contributed by atoms with Crippen molar-refractivity contribution in [2.75, 3.05) is 39.4 Å². The highest BCUT2D eigenvalue weighted by Gasteiger charge is 2.30. The van der Waals surface area contributed by atoms with Crippen molar-refractivity contribution in [2.45, 2.75) is 32.2 Å². The lowest BCUT2D eigenvalue weighted by molar-refractivity contribution is 0.192. The second-order valence-electron chi connectivity index (χ2n) is 5.33. The Morgan fingerprint density at radius 3 is 2.58 bits per heavy atom. The minimum atomic E-state index is -3.33. The van der Waals surface area contributed by atoms with Gasteiger partial charge in [-0.05, 0) is 38.3 Å². The first-order valence-electron chi connectivity index (χ1n) is 7.17. The molecule has 2 N–H and O–H groups in total. The van der Waals surface area contributed by atoms with E-state index in [1.54, 1.807) is 4.31 Å². The van der Waals surface area contributed by atoms with Crippen molar-refractivity contribution in [1.29, 1.82) is 0 Å². The zero-order valence-corrected chi connectivity index (χ0v) is 12.4. The van der Waals surface area contributed by atoms with Crippen LogP contribution in [0.15, 0.2) is 0 Å². The molecule has 2 aliphatic rings. The van der Waals surface area contributed by atoms with Crippen molar-refractivity contribution in [2.24, 2.45) is 5.92 Å². The highest BCUT2D eigenvalue weighted by Crippen LogP contribution is 2.19. The number of hydrogen-bond donors (Lipinski definition) is 2. The molecule has 0 aliphatic carbocycles. The summed E-state index contributed by atoms with van der Waals surface area (Å²) in [7, 11) is -3.33. The third kappa shape index (κ3) is 4.39. The molecule has 2 fully saturated rings. The molecule has 2 saturated heterocycles. The molecule has 0 amide bonds. The van der Waals surface area contributed by atoms with Crippen LogP contribution in [0.3, 0.4) is 0 Å². The van der Waals surface area contributed by atoms with E-state index in [2.05, 4.69) is 17.0 Å². The minimum absolute atomic E-state index is 0.0514. The maximum atomic E-state index is 12.2. The molecule has 2 aliphatic heterocycles. The lowest BCUT2D eigenvalue weighted by Gasteiger charge is -2.31. The maximum absolute atomic E-state index is 12.2. The highest BCUT2D eigenvalue weighted by atomic mass is 32.2. The van der Waals surface area contributed by atoms with Gasteiger partial charge in [-0.25, -0.2) is 0 Å². The molecule has 0 radical (unpaired) electrons. The normalized spacial score (nSPS) is 26.9. The third-order valence-corrected chi connectivity index (χ3v) is 5.52. The summed E-state index contributed by atoms with van der Waals surface area (Å²) < 4.78 is 33.9. The first kappa shape index (κ1) is 15.2. The first-order valence-corrected chi connectivity index (χ1v) is 8.61. The van der Waals surface area contributed by atoms with Crippen LogP contribution in [0.1, 0.15) is 26.2 Å². The summed E-state index contributed by atoms with van der Waals surface area (Å²) in [5.41, 5.74) is 0.